The topological polar surface area (TPSA) is 55.4 Å². The minimum atomic E-state index is -0.435. The third-order valence-electron chi connectivity index (χ3n) is 5.70. The molecule has 0 saturated heterocycles. The van der Waals surface area contributed by atoms with Crippen LogP contribution in [0.1, 0.15) is 51.9 Å². The van der Waals surface area contributed by atoms with Crippen molar-refractivity contribution < 1.29 is 14.3 Å². The van der Waals surface area contributed by atoms with Gasteiger partial charge in [0.05, 0.1) is 0 Å². The molecule has 0 spiro atoms. The van der Waals surface area contributed by atoms with Gasteiger partial charge in [-0.2, -0.15) is 0 Å². The van der Waals surface area contributed by atoms with Crippen LogP contribution in [0.15, 0.2) is 66.7 Å². The maximum absolute atomic E-state index is 12.2. The van der Waals surface area contributed by atoms with Crippen molar-refractivity contribution in [1.82, 2.24) is 5.32 Å². The summed E-state index contributed by atoms with van der Waals surface area (Å²) < 4.78 is 5.53. The van der Waals surface area contributed by atoms with E-state index < -0.39 is 6.09 Å². The number of nitrogens with one attached hydrogen (secondary N) is 1. The van der Waals surface area contributed by atoms with Crippen LogP contribution in [0.4, 0.5) is 4.79 Å². The summed E-state index contributed by atoms with van der Waals surface area (Å²) >= 11 is 0. The minimum absolute atomic E-state index is 0.0501. The summed E-state index contributed by atoms with van der Waals surface area (Å²) in [6, 6.07) is 22.1. The summed E-state index contributed by atoms with van der Waals surface area (Å²) in [6.07, 6.45) is 0.0767. The summed E-state index contributed by atoms with van der Waals surface area (Å²) in [7, 11) is 0. The third kappa shape index (κ3) is 4.58. The van der Waals surface area contributed by atoms with Gasteiger partial charge >= 0.3 is 6.09 Å². The molecule has 1 aliphatic rings. The molecule has 32 heavy (non-hydrogen) atoms. The Hall–Kier alpha value is -3.84. The van der Waals surface area contributed by atoms with E-state index in [2.05, 4.69) is 41.4 Å². The van der Waals surface area contributed by atoms with Crippen LogP contribution in [0.2, 0.25) is 0 Å². The molecule has 1 aliphatic carbocycles. The van der Waals surface area contributed by atoms with Crippen molar-refractivity contribution in [2.75, 3.05) is 13.2 Å². The van der Waals surface area contributed by atoms with E-state index in [1.54, 1.807) is 13.0 Å². The van der Waals surface area contributed by atoms with Gasteiger partial charge in [0.25, 0.3) is 0 Å². The van der Waals surface area contributed by atoms with E-state index in [0.29, 0.717) is 25.1 Å². The highest BCUT2D eigenvalue weighted by atomic mass is 16.5. The van der Waals surface area contributed by atoms with Crippen molar-refractivity contribution in [2.24, 2.45) is 0 Å². The van der Waals surface area contributed by atoms with E-state index in [1.807, 2.05) is 43.3 Å². The molecule has 0 fully saturated rings. The van der Waals surface area contributed by atoms with Gasteiger partial charge < -0.3 is 10.1 Å². The van der Waals surface area contributed by atoms with Crippen LogP contribution in [0, 0.1) is 18.8 Å². The zero-order valence-corrected chi connectivity index (χ0v) is 18.3. The predicted octanol–water partition coefficient (Wildman–Crippen LogP) is 5.48. The molecular weight excluding hydrogens is 398 g/mol. The zero-order chi connectivity index (χ0) is 22.5. The quantitative estimate of drug-likeness (QED) is 0.336. The van der Waals surface area contributed by atoms with Gasteiger partial charge in [-0.15, -0.1) is 0 Å². The van der Waals surface area contributed by atoms with Crippen molar-refractivity contribution >= 4 is 11.9 Å². The van der Waals surface area contributed by atoms with Gasteiger partial charge in [0.2, 0.25) is 0 Å². The maximum Gasteiger partial charge on any atom is 0.407 e. The second-order valence-corrected chi connectivity index (χ2v) is 7.89. The molecule has 0 unspecified atom stereocenters. The molecule has 4 nitrogen and oxygen atoms in total. The maximum atomic E-state index is 12.2. The summed E-state index contributed by atoms with van der Waals surface area (Å²) in [5.41, 5.74) is 7.29. The largest absolute Gasteiger partial charge is 0.449 e. The Kier molecular flexibility index (Phi) is 6.37. The second-order valence-electron chi connectivity index (χ2n) is 7.89. The predicted molar refractivity (Wildman–Crippen MR) is 126 cm³/mol. The fourth-order valence-electron chi connectivity index (χ4n) is 4.18. The van der Waals surface area contributed by atoms with Crippen LogP contribution in [-0.2, 0) is 4.74 Å². The lowest BCUT2D eigenvalue weighted by Gasteiger charge is -2.14. The van der Waals surface area contributed by atoms with Crippen LogP contribution >= 0.6 is 0 Å². The summed E-state index contributed by atoms with van der Waals surface area (Å²) in [5.74, 6) is 6.22. The number of ether oxygens (including phenoxy) is 1. The van der Waals surface area contributed by atoms with Crippen molar-refractivity contribution in [2.45, 2.75) is 26.2 Å². The normalized spacial score (nSPS) is 11.7. The van der Waals surface area contributed by atoms with Crippen LogP contribution in [0.25, 0.3) is 11.1 Å². The second kappa shape index (κ2) is 9.53. The number of carbonyl (C=O) groups excluding carboxylic acids is 2. The molecule has 1 N–H and O–H groups in total. The molecule has 0 saturated carbocycles. The van der Waals surface area contributed by atoms with E-state index in [0.717, 1.165) is 11.1 Å². The Bertz CT molecular complexity index is 1190. The molecule has 0 bridgehead atoms. The molecule has 0 heterocycles. The molecule has 0 radical (unpaired) electrons. The van der Waals surface area contributed by atoms with Gasteiger partial charge in [-0.1, -0.05) is 60.4 Å². The Morgan fingerprint density at radius 3 is 2.25 bits per heavy atom. The number of aryl methyl sites for hydroxylation is 1. The van der Waals surface area contributed by atoms with Crippen molar-refractivity contribution in [1.29, 1.82) is 0 Å². The fraction of sp³-hybridized carbons (Fsp3) is 0.214. The van der Waals surface area contributed by atoms with Gasteiger partial charge in [-0.3, -0.25) is 4.79 Å². The summed E-state index contributed by atoms with van der Waals surface area (Å²) in [5, 5.41) is 2.77. The van der Waals surface area contributed by atoms with E-state index in [4.69, 9.17) is 4.74 Å². The molecule has 0 aliphatic heterocycles. The van der Waals surface area contributed by atoms with Crippen LogP contribution in [0.5, 0.6) is 0 Å². The molecule has 3 aromatic carbocycles. The van der Waals surface area contributed by atoms with E-state index in [9.17, 15) is 9.59 Å². The lowest BCUT2D eigenvalue weighted by atomic mass is 9.98. The van der Waals surface area contributed by atoms with E-state index >= 15 is 0 Å². The number of rotatable bonds is 5. The average molecular weight is 424 g/mol. The Balaban J connectivity index is 1.28. The number of hydrogen-bond donors (Lipinski definition) is 1. The van der Waals surface area contributed by atoms with Gasteiger partial charge in [0, 0.05) is 30.0 Å². The Morgan fingerprint density at radius 2 is 1.62 bits per heavy atom. The minimum Gasteiger partial charge on any atom is -0.449 e. The third-order valence-corrected chi connectivity index (χ3v) is 5.70. The number of fused-ring (bicyclic) bond motifs is 3. The molecule has 3 aromatic rings. The first kappa shape index (κ1) is 21.4. The highest BCUT2D eigenvalue weighted by molar-refractivity contribution is 5.95. The molecule has 0 atom stereocenters. The van der Waals surface area contributed by atoms with Crippen LogP contribution < -0.4 is 5.32 Å². The molecule has 1 amide bonds. The SMILES string of the molecule is CC(=O)c1ccc(C#CCCNC(=O)OCC2c3ccccc3-c3ccccc32)cc1C. The van der Waals surface area contributed by atoms with E-state index in [-0.39, 0.29) is 11.7 Å². The standard InChI is InChI=1S/C28H25NO3/c1-19-17-21(14-15-22(19)20(2)30)9-7-8-16-29-28(31)32-18-27-25-12-5-3-10-23(25)24-11-4-6-13-26(24)27/h3-6,10-15,17,27H,8,16,18H2,1-2H3,(H,29,31). The molecule has 0 aromatic heterocycles. The smallest absolute Gasteiger partial charge is 0.407 e. The number of Topliss-reactive ketones (excluding diaryl/α,β-unsaturated/α-hetero) is 1. The van der Waals surface area contributed by atoms with Gasteiger partial charge in [-0.05, 0) is 59.9 Å². The summed E-state index contributed by atoms with van der Waals surface area (Å²) in [6.45, 7) is 4.17. The Labute approximate surface area is 188 Å². The average Bonchev–Trinajstić information content (AvgIpc) is 3.11. The number of carbonyl (C=O) groups is 2. The summed E-state index contributed by atoms with van der Waals surface area (Å²) in [4.78, 5) is 23.7. The number of hydrogen-bond acceptors (Lipinski definition) is 3. The zero-order valence-electron chi connectivity index (χ0n) is 18.3. The van der Waals surface area contributed by atoms with Gasteiger partial charge in [0.15, 0.2) is 5.78 Å². The number of benzene rings is 3. The molecule has 4 rings (SSSR count). The monoisotopic (exact) mass is 423 g/mol. The fourth-order valence-corrected chi connectivity index (χ4v) is 4.18. The lowest BCUT2D eigenvalue weighted by molar-refractivity contribution is 0.101. The first-order chi connectivity index (χ1) is 15.5. The Morgan fingerprint density at radius 1 is 0.969 bits per heavy atom. The van der Waals surface area contributed by atoms with Crippen molar-refractivity contribution in [3.63, 3.8) is 0 Å². The molecule has 4 heteroatoms. The van der Waals surface area contributed by atoms with Crippen molar-refractivity contribution in [3.8, 4) is 23.0 Å². The van der Waals surface area contributed by atoms with Crippen LogP contribution in [-0.4, -0.2) is 25.0 Å². The van der Waals surface area contributed by atoms with Crippen molar-refractivity contribution in [3.05, 3.63) is 94.5 Å². The van der Waals surface area contributed by atoms with E-state index in [1.165, 1.54) is 22.3 Å². The first-order valence-electron chi connectivity index (χ1n) is 10.7. The van der Waals surface area contributed by atoms with Crippen LogP contribution in [0.3, 0.4) is 0 Å². The lowest BCUT2D eigenvalue weighted by Crippen LogP contribution is -2.26. The highest BCUT2D eigenvalue weighted by Crippen LogP contribution is 2.44. The number of ketones is 1. The van der Waals surface area contributed by atoms with Gasteiger partial charge in [0.1, 0.15) is 6.61 Å². The highest BCUT2D eigenvalue weighted by Gasteiger charge is 2.28. The molecular formula is C28H25NO3. The van der Waals surface area contributed by atoms with Gasteiger partial charge in [-0.25, -0.2) is 4.79 Å². The number of alkyl carbamates (subject to hydrolysis) is 1. The number of amides is 1. The first-order valence-corrected chi connectivity index (χ1v) is 10.7. The molecule has 160 valence electrons.